The largest absolute Gasteiger partial charge is 0.485 e. The molecule has 4 nitrogen and oxygen atoms in total. The summed E-state index contributed by atoms with van der Waals surface area (Å²) in [6.45, 7) is 12.0. The third-order valence-corrected chi connectivity index (χ3v) is 4.31. The lowest BCUT2D eigenvalue weighted by Gasteiger charge is -2.26. The van der Waals surface area contributed by atoms with Gasteiger partial charge in [-0.05, 0) is 41.5 Å². The van der Waals surface area contributed by atoms with Crippen molar-refractivity contribution in [1.29, 1.82) is 0 Å². The number of carbonyl (C=O) groups excluding carboxylic acids is 1. The molecule has 4 heteroatoms. The fourth-order valence-corrected chi connectivity index (χ4v) is 2.56. The topological polar surface area (TPSA) is 44.8 Å². The van der Waals surface area contributed by atoms with Crippen molar-refractivity contribution in [2.45, 2.75) is 19.3 Å². The fraction of sp³-hybridized carbons (Fsp3) is 0.261. The van der Waals surface area contributed by atoms with E-state index in [2.05, 4.69) is 39.1 Å². The van der Waals surface area contributed by atoms with Crippen molar-refractivity contribution in [3.8, 4) is 11.5 Å². The second-order valence-electron chi connectivity index (χ2n) is 6.55. The van der Waals surface area contributed by atoms with Gasteiger partial charge in [-0.25, -0.2) is 0 Å². The van der Waals surface area contributed by atoms with Gasteiger partial charge in [0.2, 0.25) is 0 Å². The maximum atomic E-state index is 11.3. The molecule has 2 aromatic rings. The zero-order valence-electron chi connectivity index (χ0n) is 15.9. The van der Waals surface area contributed by atoms with Crippen LogP contribution in [-0.2, 0) is 14.9 Å². The van der Waals surface area contributed by atoms with Crippen molar-refractivity contribution >= 4 is 5.78 Å². The predicted molar refractivity (Wildman–Crippen MR) is 107 cm³/mol. The first kappa shape index (κ1) is 20.5. The summed E-state index contributed by atoms with van der Waals surface area (Å²) in [4.78, 5) is 11.3. The normalized spacial score (nSPS) is 10.9. The SMILES string of the molecule is C=CCOCOc1ccc(C(C)(C)c2ccc(OCC(=O)C=C)cc2)cc1. The highest BCUT2D eigenvalue weighted by molar-refractivity contribution is 5.90. The van der Waals surface area contributed by atoms with E-state index in [1.165, 1.54) is 6.08 Å². The van der Waals surface area contributed by atoms with E-state index in [4.69, 9.17) is 14.2 Å². The molecule has 2 rings (SSSR count). The first-order chi connectivity index (χ1) is 13.0. The zero-order valence-corrected chi connectivity index (χ0v) is 15.9. The average Bonchev–Trinajstić information content (AvgIpc) is 2.70. The number of benzene rings is 2. The van der Waals surface area contributed by atoms with Gasteiger partial charge in [0, 0.05) is 5.41 Å². The van der Waals surface area contributed by atoms with Crippen molar-refractivity contribution in [3.63, 3.8) is 0 Å². The van der Waals surface area contributed by atoms with Gasteiger partial charge in [-0.1, -0.05) is 50.8 Å². The Morgan fingerprint density at radius 3 is 1.93 bits per heavy atom. The second kappa shape index (κ2) is 9.74. The van der Waals surface area contributed by atoms with Crippen LogP contribution in [0.2, 0.25) is 0 Å². The first-order valence-electron chi connectivity index (χ1n) is 8.78. The molecular weight excluding hydrogens is 340 g/mol. The van der Waals surface area contributed by atoms with Crippen molar-refractivity contribution in [3.05, 3.63) is 85.0 Å². The molecular formula is C23H26O4. The van der Waals surface area contributed by atoms with Crippen LogP contribution in [0, 0.1) is 0 Å². The summed E-state index contributed by atoms with van der Waals surface area (Å²) in [5, 5.41) is 0. The van der Waals surface area contributed by atoms with Crippen LogP contribution < -0.4 is 9.47 Å². The zero-order chi connectivity index (χ0) is 19.7. The van der Waals surface area contributed by atoms with Gasteiger partial charge in [-0.2, -0.15) is 0 Å². The Hall–Kier alpha value is -2.85. The highest BCUT2D eigenvalue weighted by Crippen LogP contribution is 2.33. The monoisotopic (exact) mass is 366 g/mol. The van der Waals surface area contributed by atoms with Crippen LogP contribution >= 0.6 is 0 Å². The molecule has 0 N–H and O–H groups in total. The van der Waals surface area contributed by atoms with E-state index in [1.807, 2.05) is 36.4 Å². The van der Waals surface area contributed by atoms with Crippen LogP contribution in [0.4, 0.5) is 0 Å². The van der Waals surface area contributed by atoms with E-state index < -0.39 is 0 Å². The molecule has 0 fully saturated rings. The maximum Gasteiger partial charge on any atom is 0.192 e. The molecule has 0 aliphatic heterocycles. The standard InChI is InChI=1S/C23H26O4/c1-5-15-25-17-27-22-13-9-19(10-14-22)23(3,4)18-7-11-21(12-8-18)26-16-20(24)6-2/h5-14H,1-2,15-17H2,3-4H3. The molecule has 0 radical (unpaired) electrons. The minimum absolute atomic E-state index is 0.00418. The Balaban J connectivity index is 2.02. The van der Waals surface area contributed by atoms with Crippen LogP contribution in [0.1, 0.15) is 25.0 Å². The number of carbonyl (C=O) groups is 1. The molecule has 2 aromatic carbocycles. The van der Waals surface area contributed by atoms with Gasteiger partial charge in [-0.15, -0.1) is 6.58 Å². The van der Waals surface area contributed by atoms with E-state index in [0.29, 0.717) is 12.4 Å². The number of rotatable bonds is 11. The molecule has 0 heterocycles. The van der Waals surface area contributed by atoms with E-state index >= 15 is 0 Å². The highest BCUT2D eigenvalue weighted by Gasteiger charge is 2.23. The summed E-state index contributed by atoms with van der Waals surface area (Å²) >= 11 is 0. The van der Waals surface area contributed by atoms with Crippen molar-refractivity contribution < 1.29 is 19.0 Å². The lowest BCUT2D eigenvalue weighted by molar-refractivity contribution is -0.116. The van der Waals surface area contributed by atoms with Gasteiger partial charge < -0.3 is 14.2 Å². The van der Waals surface area contributed by atoms with E-state index in [0.717, 1.165) is 16.9 Å². The highest BCUT2D eigenvalue weighted by atomic mass is 16.7. The smallest absolute Gasteiger partial charge is 0.192 e. The molecule has 0 aliphatic rings. The summed E-state index contributed by atoms with van der Waals surface area (Å²) in [5.41, 5.74) is 2.12. The van der Waals surface area contributed by atoms with Crippen LogP contribution in [0.3, 0.4) is 0 Å². The lowest BCUT2D eigenvalue weighted by Crippen LogP contribution is -2.18. The average molecular weight is 366 g/mol. The molecule has 0 bridgehead atoms. The molecule has 0 spiro atoms. The Kier molecular flexibility index (Phi) is 7.38. The number of hydrogen-bond donors (Lipinski definition) is 0. The van der Waals surface area contributed by atoms with Crippen LogP contribution in [0.25, 0.3) is 0 Å². The third-order valence-electron chi connectivity index (χ3n) is 4.31. The fourth-order valence-electron chi connectivity index (χ4n) is 2.56. The van der Waals surface area contributed by atoms with Gasteiger partial charge in [0.25, 0.3) is 0 Å². The summed E-state index contributed by atoms with van der Waals surface area (Å²) in [5.74, 6) is 1.28. The van der Waals surface area contributed by atoms with Crippen LogP contribution in [0.15, 0.2) is 73.8 Å². The lowest BCUT2D eigenvalue weighted by atomic mass is 9.78. The van der Waals surface area contributed by atoms with Crippen molar-refractivity contribution in [1.82, 2.24) is 0 Å². The molecule has 0 saturated heterocycles. The van der Waals surface area contributed by atoms with Crippen LogP contribution in [-0.4, -0.2) is 25.8 Å². The van der Waals surface area contributed by atoms with E-state index in [9.17, 15) is 4.79 Å². The molecule has 0 saturated carbocycles. The summed E-state index contributed by atoms with van der Waals surface area (Å²) in [6, 6.07) is 15.8. The minimum atomic E-state index is -0.187. The Morgan fingerprint density at radius 2 is 1.44 bits per heavy atom. The summed E-state index contributed by atoms with van der Waals surface area (Å²) in [7, 11) is 0. The Bertz CT molecular complexity index is 758. The van der Waals surface area contributed by atoms with E-state index in [1.54, 1.807) is 6.08 Å². The van der Waals surface area contributed by atoms with Gasteiger partial charge in [0.05, 0.1) is 6.61 Å². The van der Waals surface area contributed by atoms with Gasteiger partial charge in [0.15, 0.2) is 19.2 Å². The van der Waals surface area contributed by atoms with Gasteiger partial charge >= 0.3 is 0 Å². The van der Waals surface area contributed by atoms with Gasteiger partial charge in [0.1, 0.15) is 11.5 Å². The molecule has 142 valence electrons. The van der Waals surface area contributed by atoms with Crippen molar-refractivity contribution in [2.24, 2.45) is 0 Å². The maximum absolute atomic E-state index is 11.3. The van der Waals surface area contributed by atoms with Gasteiger partial charge in [-0.3, -0.25) is 4.79 Å². The van der Waals surface area contributed by atoms with Crippen molar-refractivity contribution in [2.75, 3.05) is 20.0 Å². The number of ether oxygens (including phenoxy) is 3. The molecule has 0 atom stereocenters. The molecule has 0 aromatic heterocycles. The molecule has 27 heavy (non-hydrogen) atoms. The minimum Gasteiger partial charge on any atom is -0.485 e. The van der Waals surface area contributed by atoms with Crippen LogP contribution in [0.5, 0.6) is 11.5 Å². The Labute approximate surface area is 161 Å². The quantitative estimate of drug-likeness (QED) is 0.251. The first-order valence-corrected chi connectivity index (χ1v) is 8.78. The molecule has 0 aliphatic carbocycles. The third kappa shape index (κ3) is 5.83. The van der Waals surface area contributed by atoms with E-state index in [-0.39, 0.29) is 24.6 Å². The molecule has 0 amide bonds. The number of hydrogen-bond acceptors (Lipinski definition) is 4. The Morgan fingerprint density at radius 1 is 0.926 bits per heavy atom. The summed E-state index contributed by atoms with van der Waals surface area (Å²) < 4.78 is 16.2. The summed E-state index contributed by atoms with van der Waals surface area (Å²) in [6.07, 6.45) is 2.94. The predicted octanol–water partition coefficient (Wildman–Crippen LogP) is 4.69. The number of ketones is 1. The molecule has 0 unspecified atom stereocenters. The second-order valence-corrected chi connectivity index (χ2v) is 6.55.